The molecule has 0 saturated carbocycles. The number of para-hydroxylation sites is 1. The van der Waals surface area contributed by atoms with E-state index in [-0.39, 0.29) is 5.91 Å². The van der Waals surface area contributed by atoms with E-state index in [2.05, 4.69) is 46.6 Å². The molecule has 0 aliphatic heterocycles. The smallest absolute Gasteiger partial charge is 0.270 e. The summed E-state index contributed by atoms with van der Waals surface area (Å²) in [5.74, 6) is -0.172. The van der Waals surface area contributed by atoms with Crippen molar-refractivity contribution in [1.29, 1.82) is 0 Å². The lowest BCUT2D eigenvalue weighted by molar-refractivity contribution is 0.0942. The van der Waals surface area contributed by atoms with Gasteiger partial charge in [-0.05, 0) is 32.0 Å². The summed E-state index contributed by atoms with van der Waals surface area (Å²) in [5.41, 5.74) is 5.32. The Balaban J connectivity index is 1.48. The maximum atomic E-state index is 12.7. The van der Waals surface area contributed by atoms with Crippen LogP contribution in [0.5, 0.6) is 0 Å². The summed E-state index contributed by atoms with van der Waals surface area (Å²) in [5, 5.41) is 10.3. The third-order valence-electron chi connectivity index (χ3n) is 4.35. The van der Waals surface area contributed by atoms with E-state index in [9.17, 15) is 4.79 Å². The predicted octanol–water partition coefficient (Wildman–Crippen LogP) is 4.54. The zero-order chi connectivity index (χ0) is 19.5. The fraction of sp³-hybridized carbons (Fsp3) is 0.136. The van der Waals surface area contributed by atoms with Gasteiger partial charge in [-0.25, -0.2) is 9.67 Å². The molecule has 5 nitrogen and oxygen atoms in total. The fourth-order valence-electron chi connectivity index (χ4n) is 2.91. The third kappa shape index (κ3) is 3.87. The zero-order valence-electron chi connectivity index (χ0n) is 15.7. The fourth-order valence-corrected chi connectivity index (χ4v) is 3.73. The van der Waals surface area contributed by atoms with Gasteiger partial charge < -0.3 is 5.32 Å². The standard InChI is InChI=1S/C22H20N4OS/c1-15-8-10-17(11-9-15)22-24-18(14-28-22)13-23-21(27)20-12-16(2)25-26(20)19-6-4-3-5-7-19/h3-12,14H,13H2,1-2H3,(H,23,27). The van der Waals surface area contributed by atoms with Gasteiger partial charge in [0.25, 0.3) is 5.91 Å². The van der Waals surface area contributed by atoms with Crippen LogP contribution in [0.25, 0.3) is 16.3 Å². The number of nitrogens with zero attached hydrogens (tertiary/aromatic N) is 3. The lowest BCUT2D eigenvalue weighted by atomic mass is 10.2. The van der Waals surface area contributed by atoms with E-state index in [0.717, 1.165) is 27.6 Å². The number of thiazole rings is 1. The molecule has 1 N–H and O–H groups in total. The Morgan fingerprint density at radius 2 is 1.82 bits per heavy atom. The number of rotatable bonds is 5. The molecule has 4 aromatic rings. The summed E-state index contributed by atoms with van der Waals surface area (Å²) in [7, 11) is 0. The van der Waals surface area contributed by atoms with Crippen molar-refractivity contribution in [3.8, 4) is 16.3 Å². The van der Waals surface area contributed by atoms with Crippen molar-refractivity contribution < 1.29 is 4.79 Å². The van der Waals surface area contributed by atoms with Crippen LogP contribution in [0.3, 0.4) is 0 Å². The van der Waals surface area contributed by atoms with E-state index < -0.39 is 0 Å². The normalized spacial score (nSPS) is 10.8. The van der Waals surface area contributed by atoms with Crippen molar-refractivity contribution in [3.63, 3.8) is 0 Å². The van der Waals surface area contributed by atoms with Gasteiger partial charge in [0.05, 0.1) is 23.6 Å². The van der Waals surface area contributed by atoms with Gasteiger partial charge in [0.1, 0.15) is 10.7 Å². The Labute approximate surface area is 167 Å². The topological polar surface area (TPSA) is 59.8 Å². The first-order valence-corrected chi connectivity index (χ1v) is 9.90. The molecule has 0 bridgehead atoms. The molecule has 0 aliphatic carbocycles. The van der Waals surface area contributed by atoms with Crippen LogP contribution in [0.1, 0.15) is 27.4 Å². The van der Waals surface area contributed by atoms with Gasteiger partial charge in [0.2, 0.25) is 0 Å². The highest BCUT2D eigenvalue weighted by molar-refractivity contribution is 7.13. The van der Waals surface area contributed by atoms with Crippen LogP contribution in [-0.2, 0) is 6.54 Å². The van der Waals surface area contributed by atoms with E-state index in [0.29, 0.717) is 12.2 Å². The molecule has 2 aromatic heterocycles. The largest absolute Gasteiger partial charge is 0.345 e. The van der Waals surface area contributed by atoms with Crippen molar-refractivity contribution >= 4 is 17.2 Å². The number of hydrogen-bond donors (Lipinski definition) is 1. The Kier molecular flexibility index (Phi) is 5.04. The maximum absolute atomic E-state index is 12.7. The van der Waals surface area contributed by atoms with E-state index in [1.54, 1.807) is 22.1 Å². The van der Waals surface area contributed by atoms with Gasteiger partial charge in [0, 0.05) is 10.9 Å². The second-order valence-electron chi connectivity index (χ2n) is 6.61. The molecule has 1 amide bonds. The van der Waals surface area contributed by atoms with E-state index in [1.165, 1.54) is 5.56 Å². The quantitative estimate of drug-likeness (QED) is 0.546. The number of aryl methyl sites for hydroxylation is 2. The summed E-state index contributed by atoms with van der Waals surface area (Å²) in [4.78, 5) is 17.4. The van der Waals surface area contributed by atoms with Gasteiger partial charge in [-0.1, -0.05) is 48.0 Å². The highest BCUT2D eigenvalue weighted by atomic mass is 32.1. The van der Waals surface area contributed by atoms with E-state index in [1.807, 2.05) is 42.6 Å². The van der Waals surface area contributed by atoms with Crippen LogP contribution in [0.2, 0.25) is 0 Å². The van der Waals surface area contributed by atoms with Gasteiger partial charge in [0.15, 0.2) is 0 Å². The molecule has 6 heteroatoms. The van der Waals surface area contributed by atoms with Gasteiger partial charge in [-0.15, -0.1) is 11.3 Å². The van der Waals surface area contributed by atoms with Gasteiger partial charge >= 0.3 is 0 Å². The highest BCUT2D eigenvalue weighted by Gasteiger charge is 2.15. The summed E-state index contributed by atoms with van der Waals surface area (Å²) < 4.78 is 1.67. The van der Waals surface area contributed by atoms with Crippen molar-refractivity contribution in [2.24, 2.45) is 0 Å². The molecule has 0 aliphatic rings. The maximum Gasteiger partial charge on any atom is 0.270 e. The van der Waals surface area contributed by atoms with Crippen molar-refractivity contribution in [1.82, 2.24) is 20.1 Å². The summed E-state index contributed by atoms with van der Waals surface area (Å²) in [6.45, 7) is 4.32. The molecule has 2 heterocycles. The SMILES string of the molecule is Cc1ccc(-c2nc(CNC(=O)c3cc(C)nn3-c3ccccc3)cs2)cc1. The van der Waals surface area contributed by atoms with Crippen molar-refractivity contribution in [3.05, 3.63) is 88.7 Å². The van der Waals surface area contributed by atoms with Gasteiger partial charge in [-0.3, -0.25) is 4.79 Å². The first kappa shape index (κ1) is 18.1. The average Bonchev–Trinajstić information content (AvgIpc) is 3.34. The van der Waals surface area contributed by atoms with Gasteiger partial charge in [-0.2, -0.15) is 5.10 Å². The first-order valence-electron chi connectivity index (χ1n) is 9.02. The molecular weight excluding hydrogens is 368 g/mol. The molecule has 4 rings (SSSR count). The molecule has 0 saturated heterocycles. The number of nitrogens with one attached hydrogen (secondary N) is 1. The van der Waals surface area contributed by atoms with Crippen LogP contribution in [0.4, 0.5) is 0 Å². The molecule has 0 atom stereocenters. The van der Waals surface area contributed by atoms with E-state index in [4.69, 9.17) is 0 Å². The van der Waals surface area contributed by atoms with Crippen molar-refractivity contribution in [2.45, 2.75) is 20.4 Å². The van der Waals surface area contributed by atoms with Crippen LogP contribution >= 0.6 is 11.3 Å². The van der Waals surface area contributed by atoms with Crippen LogP contribution < -0.4 is 5.32 Å². The van der Waals surface area contributed by atoms with Crippen LogP contribution in [-0.4, -0.2) is 20.7 Å². The molecule has 0 radical (unpaired) electrons. The molecule has 0 unspecified atom stereocenters. The summed E-state index contributed by atoms with van der Waals surface area (Å²) >= 11 is 1.58. The lowest BCUT2D eigenvalue weighted by Gasteiger charge is -2.07. The molecular formula is C22H20N4OS. The second-order valence-corrected chi connectivity index (χ2v) is 7.47. The summed E-state index contributed by atoms with van der Waals surface area (Å²) in [6.07, 6.45) is 0. The van der Waals surface area contributed by atoms with Crippen molar-refractivity contribution in [2.75, 3.05) is 0 Å². The number of aromatic nitrogens is 3. The molecule has 140 valence electrons. The Hall–Kier alpha value is -3.25. The molecule has 0 fully saturated rings. The minimum Gasteiger partial charge on any atom is -0.345 e. The highest BCUT2D eigenvalue weighted by Crippen LogP contribution is 2.24. The minimum absolute atomic E-state index is 0.172. The molecule has 2 aromatic carbocycles. The minimum atomic E-state index is -0.172. The monoisotopic (exact) mass is 388 g/mol. The lowest BCUT2D eigenvalue weighted by Crippen LogP contribution is -2.25. The Morgan fingerprint density at radius 1 is 1.07 bits per heavy atom. The number of carbonyl (C=O) groups is 1. The Bertz CT molecular complexity index is 1100. The van der Waals surface area contributed by atoms with Crippen LogP contribution in [0.15, 0.2) is 66.0 Å². The zero-order valence-corrected chi connectivity index (χ0v) is 16.5. The average molecular weight is 388 g/mol. The number of carbonyl (C=O) groups excluding carboxylic acids is 1. The van der Waals surface area contributed by atoms with Crippen LogP contribution in [0, 0.1) is 13.8 Å². The second kappa shape index (κ2) is 7.78. The van der Waals surface area contributed by atoms with E-state index >= 15 is 0 Å². The first-order chi connectivity index (χ1) is 13.6. The number of hydrogen-bond acceptors (Lipinski definition) is 4. The summed E-state index contributed by atoms with van der Waals surface area (Å²) in [6, 6.07) is 19.7. The number of amides is 1. The molecule has 0 spiro atoms. The third-order valence-corrected chi connectivity index (χ3v) is 5.29. The molecule has 28 heavy (non-hydrogen) atoms. The Morgan fingerprint density at radius 3 is 2.57 bits per heavy atom. The predicted molar refractivity (Wildman–Crippen MR) is 112 cm³/mol. The number of benzene rings is 2.